The second-order valence-corrected chi connectivity index (χ2v) is 6.32. The Hall–Kier alpha value is -2.57. The van der Waals surface area contributed by atoms with Crippen LogP contribution in [0.3, 0.4) is 0 Å². The lowest BCUT2D eigenvalue weighted by Gasteiger charge is -2.23. The van der Waals surface area contributed by atoms with Crippen LogP contribution in [0.5, 0.6) is 5.75 Å². The van der Waals surface area contributed by atoms with Gasteiger partial charge in [-0.15, -0.1) is 0 Å². The third kappa shape index (κ3) is 4.53. The van der Waals surface area contributed by atoms with Gasteiger partial charge >= 0.3 is 5.97 Å². The van der Waals surface area contributed by atoms with Crippen molar-refractivity contribution in [1.82, 2.24) is 0 Å². The molecular weight excluding hydrogens is 358 g/mol. The first-order valence-corrected chi connectivity index (χ1v) is 8.59. The van der Waals surface area contributed by atoms with E-state index in [0.717, 1.165) is 12.8 Å². The van der Waals surface area contributed by atoms with E-state index in [1.54, 1.807) is 24.3 Å². The van der Waals surface area contributed by atoms with Crippen molar-refractivity contribution in [2.24, 2.45) is 0 Å². The summed E-state index contributed by atoms with van der Waals surface area (Å²) in [5, 5.41) is 11.7. The van der Waals surface area contributed by atoms with Gasteiger partial charge in [-0.1, -0.05) is 11.6 Å². The van der Waals surface area contributed by atoms with E-state index in [9.17, 15) is 9.59 Å². The van der Waals surface area contributed by atoms with Crippen molar-refractivity contribution in [2.75, 3.05) is 18.5 Å². The normalized spacial score (nSPS) is 14.7. The summed E-state index contributed by atoms with van der Waals surface area (Å²) >= 11 is 5.91. The zero-order valence-corrected chi connectivity index (χ0v) is 14.7. The fourth-order valence-corrected chi connectivity index (χ4v) is 2.90. The Balaban J connectivity index is 1.62. The second-order valence-electron chi connectivity index (χ2n) is 5.91. The molecule has 1 heterocycles. The number of benzene rings is 2. The minimum Gasteiger partial charge on any atom is -0.490 e. The van der Waals surface area contributed by atoms with Crippen molar-refractivity contribution in [3.8, 4) is 5.75 Å². The van der Waals surface area contributed by atoms with Gasteiger partial charge in [0.25, 0.3) is 5.91 Å². The van der Waals surface area contributed by atoms with E-state index in [4.69, 9.17) is 26.2 Å². The molecule has 0 saturated carbocycles. The van der Waals surface area contributed by atoms with Gasteiger partial charge in [0.1, 0.15) is 11.9 Å². The summed E-state index contributed by atoms with van der Waals surface area (Å²) < 4.78 is 11.2. The van der Waals surface area contributed by atoms with Gasteiger partial charge in [0.2, 0.25) is 0 Å². The third-order valence-corrected chi connectivity index (χ3v) is 4.36. The minimum atomic E-state index is -1.12. The predicted molar refractivity (Wildman–Crippen MR) is 97.3 cm³/mol. The molecule has 0 aromatic heterocycles. The van der Waals surface area contributed by atoms with Crippen LogP contribution in [0.15, 0.2) is 42.5 Å². The van der Waals surface area contributed by atoms with Crippen LogP contribution in [0.1, 0.15) is 33.6 Å². The molecule has 0 atom stereocenters. The number of ether oxygens (including phenoxy) is 2. The predicted octanol–water partition coefficient (Wildman–Crippen LogP) is 3.85. The van der Waals surface area contributed by atoms with E-state index in [-0.39, 0.29) is 22.6 Å². The Morgan fingerprint density at radius 3 is 2.42 bits per heavy atom. The van der Waals surface area contributed by atoms with Gasteiger partial charge in [-0.2, -0.15) is 0 Å². The van der Waals surface area contributed by atoms with Crippen LogP contribution in [-0.4, -0.2) is 36.3 Å². The molecule has 0 spiro atoms. The standard InChI is InChI=1S/C19H18ClNO5/c20-17-11-13(3-6-16(17)19(23)24)21-18(22)12-1-4-14(5-2-12)26-15-7-9-25-10-8-15/h1-6,11,15H,7-10H2,(H,21,22)(H,23,24). The van der Waals surface area contributed by atoms with Gasteiger partial charge in [0.05, 0.1) is 23.8 Å². The number of carboxylic acids is 1. The molecule has 136 valence electrons. The minimum absolute atomic E-state index is 0.0146. The lowest BCUT2D eigenvalue weighted by molar-refractivity contribution is 0.0255. The van der Waals surface area contributed by atoms with Crippen LogP contribution in [-0.2, 0) is 4.74 Å². The second kappa shape index (κ2) is 8.21. The van der Waals surface area contributed by atoms with E-state index in [1.165, 1.54) is 18.2 Å². The largest absolute Gasteiger partial charge is 0.490 e. The molecule has 2 aromatic carbocycles. The number of anilines is 1. The van der Waals surface area contributed by atoms with Crippen LogP contribution >= 0.6 is 11.6 Å². The summed E-state index contributed by atoms with van der Waals surface area (Å²) in [4.78, 5) is 23.3. The van der Waals surface area contributed by atoms with Crippen molar-refractivity contribution >= 4 is 29.2 Å². The summed E-state index contributed by atoms with van der Waals surface area (Å²) in [6.07, 6.45) is 1.85. The molecule has 2 N–H and O–H groups in total. The Bertz CT molecular complexity index is 800. The molecule has 0 bridgehead atoms. The lowest BCUT2D eigenvalue weighted by atomic mass is 10.1. The van der Waals surface area contributed by atoms with E-state index in [2.05, 4.69) is 5.32 Å². The topological polar surface area (TPSA) is 84.9 Å². The maximum Gasteiger partial charge on any atom is 0.337 e. The first-order valence-electron chi connectivity index (χ1n) is 8.21. The highest BCUT2D eigenvalue weighted by Crippen LogP contribution is 2.22. The van der Waals surface area contributed by atoms with E-state index >= 15 is 0 Å². The number of carboxylic acid groups (broad SMARTS) is 1. The Morgan fingerprint density at radius 1 is 1.12 bits per heavy atom. The number of carbonyl (C=O) groups excluding carboxylic acids is 1. The molecule has 26 heavy (non-hydrogen) atoms. The molecule has 6 nitrogen and oxygen atoms in total. The Labute approximate surface area is 155 Å². The summed E-state index contributed by atoms with van der Waals surface area (Å²) in [5.41, 5.74) is 0.870. The maximum atomic E-state index is 12.3. The molecule has 3 rings (SSSR count). The van der Waals surface area contributed by atoms with Crippen molar-refractivity contribution in [3.63, 3.8) is 0 Å². The third-order valence-electron chi connectivity index (χ3n) is 4.04. The van der Waals surface area contributed by atoms with Crippen LogP contribution in [0, 0.1) is 0 Å². The van der Waals surface area contributed by atoms with Gasteiger partial charge in [-0.05, 0) is 42.5 Å². The molecule has 1 fully saturated rings. The monoisotopic (exact) mass is 375 g/mol. The molecule has 7 heteroatoms. The molecular formula is C19H18ClNO5. The van der Waals surface area contributed by atoms with Crippen LogP contribution < -0.4 is 10.1 Å². The summed E-state index contributed by atoms with van der Waals surface area (Å²) in [6, 6.07) is 11.1. The SMILES string of the molecule is O=C(Nc1ccc(C(=O)O)c(Cl)c1)c1ccc(OC2CCOCC2)cc1. The fourth-order valence-electron chi connectivity index (χ4n) is 2.64. The Morgan fingerprint density at radius 2 is 1.81 bits per heavy atom. The quantitative estimate of drug-likeness (QED) is 0.829. The fraction of sp³-hybridized carbons (Fsp3) is 0.263. The molecule has 0 radical (unpaired) electrons. The van der Waals surface area contributed by atoms with Crippen LogP contribution in [0.2, 0.25) is 5.02 Å². The number of halogens is 1. The first kappa shape index (κ1) is 18.2. The average Bonchev–Trinajstić information content (AvgIpc) is 2.63. The average molecular weight is 376 g/mol. The highest BCUT2D eigenvalue weighted by Gasteiger charge is 2.16. The molecule has 0 aliphatic carbocycles. The molecule has 1 amide bonds. The number of aromatic carboxylic acids is 1. The van der Waals surface area contributed by atoms with Crippen molar-refractivity contribution in [1.29, 1.82) is 0 Å². The molecule has 1 aliphatic rings. The van der Waals surface area contributed by atoms with Gasteiger partial charge in [-0.25, -0.2) is 4.79 Å². The number of hydrogen-bond acceptors (Lipinski definition) is 4. The van der Waals surface area contributed by atoms with Crippen molar-refractivity contribution < 1.29 is 24.2 Å². The highest BCUT2D eigenvalue weighted by molar-refractivity contribution is 6.33. The molecule has 1 aliphatic heterocycles. The number of nitrogens with one attached hydrogen (secondary N) is 1. The maximum absolute atomic E-state index is 12.3. The van der Waals surface area contributed by atoms with Gasteiger partial charge < -0.3 is 19.9 Å². The van der Waals surface area contributed by atoms with Gasteiger partial charge in [-0.3, -0.25) is 4.79 Å². The van der Waals surface area contributed by atoms with Crippen LogP contribution in [0.4, 0.5) is 5.69 Å². The van der Waals surface area contributed by atoms with Crippen molar-refractivity contribution in [2.45, 2.75) is 18.9 Å². The summed E-state index contributed by atoms with van der Waals surface area (Å²) in [7, 11) is 0. The number of carbonyl (C=O) groups is 2. The van der Waals surface area contributed by atoms with E-state index in [0.29, 0.717) is 30.2 Å². The van der Waals surface area contributed by atoms with Gasteiger partial charge in [0, 0.05) is 24.1 Å². The zero-order chi connectivity index (χ0) is 18.5. The summed E-state index contributed by atoms with van der Waals surface area (Å²) in [5.74, 6) is -0.725. The molecule has 2 aromatic rings. The number of amides is 1. The molecule has 0 unspecified atom stereocenters. The van der Waals surface area contributed by atoms with Crippen LogP contribution in [0.25, 0.3) is 0 Å². The zero-order valence-electron chi connectivity index (χ0n) is 13.9. The summed E-state index contributed by atoms with van der Waals surface area (Å²) in [6.45, 7) is 1.41. The smallest absolute Gasteiger partial charge is 0.337 e. The Kier molecular flexibility index (Phi) is 5.75. The van der Waals surface area contributed by atoms with Gasteiger partial charge in [0.15, 0.2) is 0 Å². The lowest BCUT2D eigenvalue weighted by Crippen LogP contribution is -2.25. The number of hydrogen-bond donors (Lipinski definition) is 2. The van der Waals surface area contributed by atoms with E-state index < -0.39 is 5.97 Å². The number of rotatable bonds is 5. The van der Waals surface area contributed by atoms with Crippen molar-refractivity contribution in [3.05, 3.63) is 58.6 Å². The highest BCUT2D eigenvalue weighted by atomic mass is 35.5. The first-order chi connectivity index (χ1) is 12.5. The molecule has 1 saturated heterocycles. The van der Waals surface area contributed by atoms with E-state index in [1.807, 2.05) is 0 Å².